The van der Waals surface area contributed by atoms with Crippen molar-refractivity contribution in [2.45, 2.75) is 13.5 Å². The second-order valence-electron chi connectivity index (χ2n) is 4.48. The van der Waals surface area contributed by atoms with Crippen molar-refractivity contribution < 1.29 is 14.8 Å². The summed E-state index contributed by atoms with van der Waals surface area (Å²) >= 11 is 1.50. The molecule has 0 saturated heterocycles. The van der Waals surface area contributed by atoms with E-state index in [9.17, 15) is 20.0 Å². The fourth-order valence-electron chi connectivity index (χ4n) is 1.94. The third-order valence-electron chi connectivity index (χ3n) is 2.90. The molecule has 0 amide bonds. The number of nitro benzene ring substituents is 1. The van der Waals surface area contributed by atoms with Gasteiger partial charge >= 0.3 is 5.97 Å². The third-order valence-corrected chi connectivity index (χ3v) is 3.72. The highest BCUT2D eigenvalue weighted by atomic mass is 32.1. The highest BCUT2D eigenvalue weighted by molar-refractivity contribution is 7.09. The van der Waals surface area contributed by atoms with Crippen LogP contribution in [0, 0.1) is 17.0 Å². The van der Waals surface area contributed by atoms with E-state index in [2.05, 4.69) is 4.98 Å². The number of nitrogens with zero attached hydrogens (tertiary/aromatic N) is 3. The minimum Gasteiger partial charge on any atom is -0.478 e. The van der Waals surface area contributed by atoms with E-state index in [0.29, 0.717) is 12.2 Å². The number of aryl methyl sites for hydroxylation is 1. The Hall–Kier alpha value is -2.48. The number of anilines is 1. The van der Waals surface area contributed by atoms with Crippen LogP contribution in [0.2, 0.25) is 0 Å². The second kappa shape index (κ2) is 5.88. The predicted molar refractivity (Wildman–Crippen MR) is 79.0 cm³/mol. The first-order valence-electron chi connectivity index (χ1n) is 6.02. The molecule has 1 heterocycles. The van der Waals surface area contributed by atoms with Crippen LogP contribution in [-0.4, -0.2) is 28.0 Å². The number of benzene rings is 1. The van der Waals surface area contributed by atoms with Crippen LogP contribution in [0.3, 0.4) is 0 Å². The molecule has 2 aromatic rings. The second-order valence-corrected chi connectivity index (χ2v) is 5.54. The zero-order valence-corrected chi connectivity index (χ0v) is 12.3. The van der Waals surface area contributed by atoms with Gasteiger partial charge in [-0.1, -0.05) is 0 Å². The summed E-state index contributed by atoms with van der Waals surface area (Å²) in [5, 5.41) is 22.8. The third kappa shape index (κ3) is 3.34. The van der Waals surface area contributed by atoms with E-state index in [-0.39, 0.29) is 11.3 Å². The van der Waals surface area contributed by atoms with Crippen LogP contribution < -0.4 is 4.90 Å². The molecule has 0 unspecified atom stereocenters. The van der Waals surface area contributed by atoms with Crippen LogP contribution in [0.1, 0.15) is 21.1 Å². The standard InChI is InChI=1S/C13H13N3O4S/c1-8-14-9(7-21-8)6-15(2)12-5-10(16(19)20)3-4-11(12)13(17)18/h3-5,7H,6H2,1-2H3,(H,17,18). The quantitative estimate of drug-likeness (QED) is 0.674. The van der Waals surface area contributed by atoms with Gasteiger partial charge in [0.15, 0.2) is 0 Å². The minimum atomic E-state index is -1.12. The number of hydrogen-bond donors (Lipinski definition) is 1. The van der Waals surface area contributed by atoms with E-state index >= 15 is 0 Å². The van der Waals surface area contributed by atoms with Crippen molar-refractivity contribution in [3.05, 3.63) is 50.0 Å². The molecule has 0 fully saturated rings. The Balaban J connectivity index is 2.37. The first-order valence-corrected chi connectivity index (χ1v) is 6.90. The monoisotopic (exact) mass is 307 g/mol. The zero-order valence-electron chi connectivity index (χ0n) is 11.4. The molecule has 0 aliphatic carbocycles. The number of aromatic nitrogens is 1. The van der Waals surface area contributed by atoms with Crippen LogP contribution in [-0.2, 0) is 6.54 Å². The average Bonchev–Trinajstić information content (AvgIpc) is 2.83. The van der Waals surface area contributed by atoms with E-state index in [1.54, 1.807) is 11.9 Å². The summed E-state index contributed by atoms with van der Waals surface area (Å²) in [5.41, 5.74) is 0.969. The van der Waals surface area contributed by atoms with Crippen LogP contribution in [0.25, 0.3) is 0 Å². The molecule has 0 saturated carbocycles. The molecule has 21 heavy (non-hydrogen) atoms. The average molecular weight is 307 g/mol. The molecule has 110 valence electrons. The molecule has 1 aromatic heterocycles. The number of non-ortho nitro benzene ring substituents is 1. The Bertz CT molecular complexity index is 698. The lowest BCUT2D eigenvalue weighted by Gasteiger charge is -2.20. The summed E-state index contributed by atoms with van der Waals surface area (Å²) in [6.07, 6.45) is 0. The zero-order chi connectivity index (χ0) is 15.6. The molecule has 0 atom stereocenters. The van der Waals surface area contributed by atoms with Gasteiger partial charge in [0.1, 0.15) is 0 Å². The van der Waals surface area contributed by atoms with Gasteiger partial charge in [-0.05, 0) is 13.0 Å². The summed E-state index contributed by atoms with van der Waals surface area (Å²) in [6, 6.07) is 3.70. The maximum absolute atomic E-state index is 11.3. The molecule has 0 spiro atoms. The van der Waals surface area contributed by atoms with Gasteiger partial charge < -0.3 is 10.0 Å². The summed E-state index contributed by atoms with van der Waals surface area (Å²) < 4.78 is 0. The molecule has 1 aromatic carbocycles. The molecular formula is C13H13N3O4S. The molecule has 2 rings (SSSR count). The number of aromatic carboxylic acids is 1. The lowest BCUT2D eigenvalue weighted by Crippen LogP contribution is -2.19. The molecule has 0 aliphatic rings. The molecule has 1 N–H and O–H groups in total. The maximum Gasteiger partial charge on any atom is 0.337 e. The molecular weight excluding hydrogens is 294 g/mol. The molecule has 7 nitrogen and oxygen atoms in total. The number of carbonyl (C=O) groups is 1. The number of carboxylic acid groups (broad SMARTS) is 1. The van der Waals surface area contributed by atoms with Crippen LogP contribution in [0.5, 0.6) is 0 Å². The van der Waals surface area contributed by atoms with E-state index < -0.39 is 10.9 Å². The molecule has 0 aliphatic heterocycles. The summed E-state index contributed by atoms with van der Waals surface area (Å²) in [7, 11) is 1.68. The number of nitro groups is 1. The normalized spacial score (nSPS) is 10.4. The fourth-order valence-corrected chi connectivity index (χ4v) is 2.54. The van der Waals surface area contributed by atoms with E-state index in [4.69, 9.17) is 0 Å². The van der Waals surface area contributed by atoms with Crippen LogP contribution in [0.15, 0.2) is 23.6 Å². The fraction of sp³-hybridized carbons (Fsp3) is 0.231. The minimum absolute atomic E-state index is 0.0232. The van der Waals surface area contributed by atoms with Gasteiger partial charge in [0.25, 0.3) is 5.69 Å². The number of rotatable bonds is 5. The molecule has 0 radical (unpaired) electrons. The van der Waals surface area contributed by atoms with Crippen molar-refractivity contribution >= 4 is 28.7 Å². The largest absolute Gasteiger partial charge is 0.478 e. The van der Waals surface area contributed by atoms with Gasteiger partial charge in [0.2, 0.25) is 0 Å². The summed E-state index contributed by atoms with van der Waals surface area (Å²) in [4.78, 5) is 27.5. The van der Waals surface area contributed by atoms with Gasteiger partial charge in [0, 0.05) is 24.6 Å². The van der Waals surface area contributed by atoms with Gasteiger partial charge in [-0.15, -0.1) is 11.3 Å². The van der Waals surface area contributed by atoms with Gasteiger partial charge in [0.05, 0.1) is 33.4 Å². The summed E-state index contributed by atoms with van der Waals surface area (Å²) in [6.45, 7) is 2.26. The van der Waals surface area contributed by atoms with Gasteiger partial charge in [-0.2, -0.15) is 0 Å². The SMILES string of the molecule is Cc1nc(CN(C)c2cc([N+](=O)[O-])ccc2C(=O)O)cs1. The Morgan fingerprint density at radius 1 is 1.52 bits per heavy atom. The number of thiazole rings is 1. The van der Waals surface area contributed by atoms with Crippen molar-refractivity contribution in [1.29, 1.82) is 0 Å². The van der Waals surface area contributed by atoms with Crippen molar-refractivity contribution in [3.8, 4) is 0 Å². The topological polar surface area (TPSA) is 96.6 Å². The van der Waals surface area contributed by atoms with Gasteiger partial charge in [-0.3, -0.25) is 10.1 Å². The van der Waals surface area contributed by atoms with E-state index in [1.165, 1.54) is 29.5 Å². The smallest absolute Gasteiger partial charge is 0.337 e. The lowest BCUT2D eigenvalue weighted by molar-refractivity contribution is -0.384. The van der Waals surface area contributed by atoms with E-state index in [0.717, 1.165) is 10.7 Å². The number of hydrogen-bond acceptors (Lipinski definition) is 6. The Labute approximate surface area is 124 Å². The van der Waals surface area contributed by atoms with Crippen molar-refractivity contribution in [1.82, 2.24) is 4.98 Å². The Morgan fingerprint density at radius 3 is 2.76 bits per heavy atom. The van der Waals surface area contributed by atoms with E-state index in [1.807, 2.05) is 12.3 Å². The number of carboxylic acids is 1. The first-order chi connectivity index (χ1) is 9.88. The first kappa shape index (κ1) is 14.9. The highest BCUT2D eigenvalue weighted by Gasteiger charge is 2.18. The molecule has 8 heteroatoms. The highest BCUT2D eigenvalue weighted by Crippen LogP contribution is 2.27. The van der Waals surface area contributed by atoms with Crippen LogP contribution >= 0.6 is 11.3 Å². The summed E-state index contributed by atoms with van der Waals surface area (Å²) in [5.74, 6) is -1.12. The van der Waals surface area contributed by atoms with Crippen molar-refractivity contribution in [2.75, 3.05) is 11.9 Å². The predicted octanol–water partition coefficient (Wildman–Crippen LogP) is 2.69. The Kier molecular flexibility index (Phi) is 4.18. The maximum atomic E-state index is 11.3. The van der Waals surface area contributed by atoms with Gasteiger partial charge in [-0.25, -0.2) is 9.78 Å². The molecule has 0 bridgehead atoms. The van der Waals surface area contributed by atoms with Crippen LogP contribution in [0.4, 0.5) is 11.4 Å². The van der Waals surface area contributed by atoms with Crippen molar-refractivity contribution in [3.63, 3.8) is 0 Å². The Morgan fingerprint density at radius 2 is 2.24 bits per heavy atom. The lowest BCUT2D eigenvalue weighted by atomic mass is 10.1. The van der Waals surface area contributed by atoms with Crippen molar-refractivity contribution in [2.24, 2.45) is 0 Å².